The molecule has 1 aliphatic rings. The first-order chi connectivity index (χ1) is 8.47. The average Bonchev–Trinajstić information content (AvgIpc) is 2.26. The zero-order valence-electron chi connectivity index (χ0n) is 11.5. The first-order valence-electron chi connectivity index (χ1n) is 6.50. The maximum Gasteiger partial charge on any atom is 0.321 e. The first kappa shape index (κ1) is 14.9. The van der Waals surface area contributed by atoms with E-state index in [1.807, 2.05) is 18.7 Å². The molecule has 1 aliphatic heterocycles. The van der Waals surface area contributed by atoms with Gasteiger partial charge < -0.3 is 10.6 Å². The Hall–Kier alpha value is -1.14. The van der Waals surface area contributed by atoms with E-state index in [1.165, 1.54) is 0 Å². The Balaban J connectivity index is 2.22. The molecular formula is C12H24N4O2. The SMILES string of the molecule is CC(C)CNC(=O)NC(=O)CN1CCN[C@@H](C)C1. The van der Waals surface area contributed by atoms with E-state index >= 15 is 0 Å². The molecule has 6 heteroatoms. The molecule has 0 saturated carbocycles. The molecular weight excluding hydrogens is 232 g/mol. The van der Waals surface area contributed by atoms with Gasteiger partial charge in [-0.05, 0) is 12.8 Å². The minimum absolute atomic E-state index is 0.245. The number of urea groups is 1. The van der Waals surface area contributed by atoms with Crippen LogP contribution in [0.4, 0.5) is 4.79 Å². The number of hydrogen-bond donors (Lipinski definition) is 3. The van der Waals surface area contributed by atoms with Gasteiger partial charge in [0.15, 0.2) is 0 Å². The van der Waals surface area contributed by atoms with Gasteiger partial charge in [0, 0.05) is 32.2 Å². The van der Waals surface area contributed by atoms with Crippen molar-refractivity contribution < 1.29 is 9.59 Å². The lowest BCUT2D eigenvalue weighted by atomic mass is 10.2. The molecule has 1 fully saturated rings. The van der Waals surface area contributed by atoms with E-state index in [2.05, 4.69) is 22.9 Å². The van der Waals surface area contributed by atoms with Crippen LogP contribution in [0.2, 0.25) is 0 Å². The Labute approximate surface area is 108 Å². The summed E-state index contributed by atoms with van der Waals surface area (Å²) in [6.45, 7) is 9.50. The number of rotatable bonds is 4. The summed E-state index contributed by atoms with van der Waals surface area (Å²) in [6, 6.07) is -0.0156. The minimum atomic E-state index is -0.406. The van der Waals surface area contributed by atoms with Crippen molar-refractivity contribution in [3.8, 4) is 0 Å². The molecule has 1 heterocycles. The Morgan fingerprint density at radius 2 is 2.17 bits per heavy atom. The molecule has 0 unspecified atom stereocenters. The molecule has 0 aromatic heterocycles. The molecule has 6 nitrogen and oxygen atoms in total. The van der Waals surface area contributed by atoms with E-state index in [0.29, 0.717) is 18.5 Å². The van der Waals surface area contributed by atoms with Crippen molar-refractivity contribution in [1.82, 2.24) is 20.9 Å². The molecule has 3 amide bonds. The van der Waals surface area contributed by atoms with E-state index in [9.17, 15) is 9.59 Å². The highest BCUT2D eigenvalue weighted by atomic mass is 16.2. The molecule has 18 heavy (non-hydrogen) atoms. The highest BCUT2D eigenvalue weighted by Gasteiger charge is 2.18. The Morgan fingerprint density at radius 3 is 2.78 bits per heavy atom. The van der Waals surface area contributed by atoms with E-state index < -0.39 is 6.03 Å². The lowest BCUT2D eigenvalue weighted by Crippen LogP contribution is -2.53. The number of hydrogen-bond acceptors (Lipinski definition) is 4. The number of amides is 3. The van der Waals surface area contributed by atoms with E-state index in [1.54, 1.807) is 0 Å². The summed E-state index contributed by atoms with van der Waals surface area (Å²) < 4.78 is 0. The summed E-state index contributed by atoms with van der Waals surface area (Å²) in [4.78, 5) is 25.1. The maximum absolute atomic E-state index is 11.6. The van der Waals surface area contributed by atoms with Crippen molar-refractivity contribution in [3.63, 3.8) is 0 Å². The van der Waals surface area contributed by atoms with E-state index in [0.717, 1.165) is 19.6 Å². The summed E-state index contributed by atoms with van der Waals surface area (Å²) in [5, 5.41) is 8.31. The Bertz CT molecular complexity index is 294. The summed E-state index contributed by atoms with van der Waals surface area (Å²) in [6.07, 6.45) is 0. The van der Waals surface area contributed by atoms with Crippen LogP contribution in [0.1, 0.15) is 20.8 Å². The molecule has 0 aromatic carbocycles. The summed E-state index contributed by atoms with van der Waals surface area (Å²) in [5.74, 6) is 0.130. The molecule has 0 aromatic rings. The lowest BCUT2D eigenvalue weighted by molar-refractivity contribution is -0.121. The first-order valence-corrected chi connectivity index (χ1v) is 6.50. The van der Waals surface area contributed by atoms with Crippen LogP contribution in [0.25, 0.3) is 0 Å². The van der Waals surface area contributed by atoms with Crippen molar-refractivity contribution in [2.75, 3.05) is 32.7 Å². The van der Waals surface area contributed by atoms with Gasteiger partial charge in [0.2, 0.25) is 5.91 Å². The van der Waals surface area contributed by atoms with Gasteiger partial charge in [0.1, 0.15) is 0 Å². The minimum Gasteiger partial charge on any atom is -0.338 e. The summed E-state index contributed by atoms with van der Waals surface area (Å²) >= 11 is 0. The number of imide groups is 1. The van der Waals surface area contributed by atoms with Crippen LogP contribution in [0.15, 0.2) is 0 Å². The predicted octanol–water partition coefficient (Wildman–Crippen LogP) is -0.238. The van der Waals surface area contributed by atoms with Gasteiger partial charge in [0.25, 0.3) is 0 Å². The molecule has 0 aliphatic carbocycles. The molecule has 0 spiro atoms. The fourth-order valence-corrected chi connectivity index (χ4v) is 1.87. The topological polar surface area (TPSA) is 73.5 Å². The molecule has 1 atom stereocenters. The molecule has 0 radical (unpaired) electrons. The Morgan fingerprint density at radius 1 is 1.44 bits per heavy atom. The second kappa shape index (κ2) is 7.33. The highest BCUT2D eigenvalue weighted by Crippen LogP contribution is 1.97. The van der Waals surface area contributed by atoms with Gasteiger partial charge >= 0.3 is 6.03 Å². The highest BCUT2D eigenvalue weighted by molar-refractivity contribution is 5.95. The fourth-order valence-electron chi connectivity index (χ4n) is 1.87. The van der Waals surface area contributed by atoms with Crippen molar-refractivity contribution in [1.29, 1.82) is 0 Å². The fraction of sp³-hybridized carbons (Fsp3) is 0.833. The lowest BCUT2D eigenvalue weighted by Gasteiger charge is -2.31. The van der Waals surface area contributed by atoms with Gasteiger partial charge in [-0.1, -0.05) is 13.8 Å². The van der Waals surface area contributed by atoms with Gasteiger partial charge in [-0.15, -0.1) is 0 Å². The van der Waals surface area contributed by atoms with Crippen LogP contribution < -0.4 is 16.0 Å². The number of piperazine rings is 1. The second-order valence-corrected chi connectivity index (χ2v) is 5.24. The van der Waals surface area contributed by atoms with Crippen molar-refractivity contribution in [2.45, 2.75) is 26.8 Å². The standard InChI is InChI=1S/C12H24N4O2/c1-9(2)6-14-12(18)15-11(17)8-16-5-4-13-10(3)7-16/h9-10,13H,4-8H2,1-3H3,(H2,14,15,17,18)/t10-/m0/s1. The Kier molecular flexibility index (Phi) is 6.07. The van der Waals surface area contributed by atoms with Crippen LogP contribution >= 0.6 is 0 Å². The van der Waals surface area contributed by atoms with Crippen LogP contribution in [-0.4, -0.2) is 55.6 Å². The summed E-state index contributed by atoms with van der Waals surface area (Å²) in [5.41, 5.74) is 0. The maximum atomic E-state index is 11.6. The molecule has 104 valence electrons. The number of nitrogens with one attached hydrogen (secondary N) is 3. The van der Waals surface area contributed by atoms with E-state index in [-0.39, 0.29) is 12.5 Å². The van der Waals surface area contributed by atoms with Crippen LogP contribution in [-0.2, 0) is 4.79 Å². The largest absolute Gasteiger partial charge is 0.338 e. The third-order valence-electron chi connectivity index (χ3n) is 2.74. The van der Waals surface area contributed by atoms with Gasteiger partial charge in [-0.2, -0.15) is 0 Å². The van der Waals surface area contributed by atoms with Crippen molar-refractivity contribution in [2.24, 2.45) is 5.92 Å². The van der Waals surface area contributed by atoms with E-state index in [4.69, 9.17) is 0 Å². The monoisotopic (exact) mass is 256 g/mol. The molecule has 1 saturated heterocycles. The molecule has 0 bridgehead atoms. The zero-order chi connectivity index (χ0) is 13.5. The van der Waals surface area contributed by atoms with Crippen molar-refractivity contribution >= 4 is 11.9 Å². The quantitative estimate of drug-likeness (QED) is 0.649. The third-order valence-corrected chi connectivity index (χ3v) is 2.74. The predicted molar refractivity (Wildman–Crippen MR) is 70.3 cm³/mol. The number of nitrogens with zero attached hydrogens (tertiary/aromatic N) is 1. The smallest absolute Gasteiger partial charge is 0.321 e. The average molecular weight is 256 g/mol. The van der Waals surface area contributed by atoms with Crippen molar-refractivity contribution in [3.05, 3.63) is 0 Å². The third kappa shape index (κ3) is 5.97. The van der Waals surface area contributed by atoms with Crippen LogP contribution in [0, 0.1) is 5.92 Å². The molecule has 3 N–H and O–H groups in total. The second-order valence-electron chi connectivity index (χ2n) is 5.24. The summed E-state index contributed by atoms with van der Waals surface area (Å²) in [7, 11) is 0. The number of carbonyl (C=O) groups is 2. The van der Waals surface area contributed by atoms with Gasteiger partial charge in [-0.25, -0.2) is 4.79 Å². The normalized spacial score (nSPS) is 20.8. The van der Waals surface area contributed by atoms with Gasteiger partial charge in [0.05, 0.1) is 6.54 Å². The van der Waals surface area contributed by atoms with Crippen LogP contribution in [0.3, 0.4) is 0 Å². The number of carbonyl (C=O) groups excluding carboxylic acids is 2. The zero-order valence-corrected chi connectivity index (χ0v) is 11.5. The van der Waals surface area contributed by atoms with Crippen LogP contribution in [0.5, 0.6) is 0 Å². The van der Waals surface area contributed by atoms with Gasteiger partial charge in [-0.3, -0.25) is 15.0 Å². The molecule has 1 rings (SSSR count).